The molecule has 3 unspecified atom stereocenters. The Morgan fingerprint density at radius 1 is 1.48 bits per heavy atom. The lowest BCUT2D eigenvalue weighted by Crippen LogP contribution is -2.50. The van der Waals surface area contributed by atoms with E-state index in [9.17, 15) is 0 Å². The Labute approximate surface area is 131 Å². The Balaban J connectivity index is 1.83. The first-order valence-electron chi connectivity index (χ1n) is 7.71. The molecule has 2 aliphatic heterocycles. The van der Waals surface area contributed by atoms with Crippen molar-refractivity contribution in [1.82, 2.24) is 0 Å². The SMILES string of the molecule is COc1cccc(C(C)(N)C2CCOC3(CCSC3)C2)c1. The molecule has 3 nitrogen and oxygen atoms in total. The minimum Gasteiger partial charge on any atom is -0.497 e. The van der Waals surface area contributed by atoms with E-state index in [0.29, 0.717) is 5.92 Å². The van der Waals surface area contributed by atoms with E-state index in [1.54, 1.807) is 7.11 Å². The second-order valence-corrected chi connectivity index (χ2v) is 7.64. The van der Waals surface area contributed by atoms with Crippen LogP contribution in [0.15, 0.2) is 24.3 Å². The second-order valence-electron chi connectivity index (χ2n) is 6.54. The third kappa shape index (κ3) is 2.94. The number of thioether (sulfide) groups is 1. The zero-order chi connectivity index (χ0) is 14.9. The highest BCUT2D eigenvalue weighted by Gasteiger charge is 2.45. The van der Waals surface area contributed by atoms with Gasteiger partial charge in [-0.25, -0.2) is 0 Å². The Morgan fingerprint density at radius 3 is 3.05 bits per heavy atom. The number of ether oxygens (including phenoxy) is 2. The lowest BCUT2D eigenvalue weighted by atomic mass is 9.71. The summed E-state index contributed by atoms with van der Waals surface area (Å²) in [6.45, 7) is 3.00. The van der Waals surface area contributed by atoms with Gasteiger partial charge in [0.1, 0.15) is 5.75 Å². The van der Waals surface area contributed by atoms with Crippen LogP contribution in [0.5, 0.6) is 5.75 Å². The van der Waals surface area contributed by atoms with Crippen molar-refractivity contribution in [2.24, 2.45) is 11.7 Å². The van der Waals surface area contributed by atoms with Crippen molar-refractivity contribution < 1.29 is 9.47 Å². The van der Waals surface area contributed by atoms with Gasteiger partial charge in [0.25, 0.3) is 0 Å². The number of nitrogens with two attached hydrogens (primary N) is 1. The molecular weight excluding hydrogens is 282 g/mol. The fourth-order valence-electron chi connectivity index (χ4n) is 3.60. The Bertz CT molecular complexity index is 497. The van der Waals surface area contributed by atoms with Gasteiger partial charge < -0.3 is 15.2 Å². The maximum Gasteiger partial charge on any atom is 0.119 e. The summed E-state index contributed by atoms with van der Waals surface area (Å²) < 4.78 is 11.5. The summed E-state index contributed by atoms with van der Waals surface area (Å²) in [5.41, 5.74) is 7.67. The maximum atomic E-state index is 6.77. The Morgan fingerprint density at radius 2 is 2.33 bits per heavy atom. The van der Waals surface area contributed by atoms with Crippen LogP contribution in [0.25, 0.3) is 0 Å². The van der Waals surface area contributed by atoms with Gasteiger partial charge in [0.15, 0.2) is 0 Å². The van der Waals surface area contributed by atoms with Gasteiger partial charge in [-0.1, -0.05) is 12.1 Å². The monoisotopic (exact) mass is 307 g/mol. The molecule has 0 amide bonds. The highest BCUT2D eigenvalue weighted by Crippen LogP contribution is 2.45. The van der Waals surface area contributed by atoms with E-state index in [-0.39, 0.29) is 11.1 Å². The van der Waals surface area contributed by atoms with Crippen molar-refractivity contribution in [3.8, 4) is 5.75 Å². The van der Waals surface area contributed by atoms with E-state index >= 15 is 0 Å². The number of benzene rings is 1. The molecule has 0 aromatic heterocycles. The second kappa shape index (κ2) is 5.82. The molecule has 116 valence electrons. The molecule has 2 heterocycles. The number of hydrogen-bond acceptors (Lipinski definition) is 4. The fraction of sp³-hybridized carbons (Fsp3) is 0.647. The van der Waals surface area contributed by atoms with E-state index in [0.717, 1.165) is 36.5 Å². The molecule has 2 aliphatic rings. The standard InChI is InChI=1S/C17H25NO2S/c1-16(18,13-4-3-5-15(10-13)19-2)14-6-8-20-17(11-14)7-9-21-12-17/h3-5,10,14H,6-9,11-12,18H2,1-2H3. The zero-order valence-corrected chi connectivity index (χ0v) is 13.7. The molecule has 1 aromatic carbocycles. The van der Waals surface area contributed by atoms with Crippen LogP contribution in [0.2, 0.25) is 0 Å². The van der Waals surface area contributed by atoms with Gasteiger partial charge in [0, 0.05) is 17.9 Å². The topological polar surface area (TPSA) is 44.5 Å². The normalized spacial score (nSPS) is 32.0. The van der Waals surface area contributed by atoms with Crippen LogP contribution in [-0.4, -0.2) is 30.8 Å². The van der Waals surface area contributed by atoms with Crippen LogP contribution in [0.4, 0.5) is 0 Å². The lowest BCUT2D eigenvalue weighted by molar-refractivity contribution is -0.0917. The summed E-state index contributed by atoms with van der Waals surface area (Å²) in [6.07, 6.45) is 3.28. The van der Waals surface area contributed by atoms with Gasteiger partial charge in [0.05, 0.1) is 12.7 Å². The molecule has 2 N–H and O–H groups in total. The van der Waals surface area contributed by atoms with Crippen LogP contribution < -0.4 is 10.5 Å². The van der Waals surface area contributed by atoms with E-state index in [1.807, 2.05) is 23.9 Å². The summed E-state index contributed by atoms with van der Waals surface area (Å²) in [4.78, 5) is 0. The van der Waals surface area contributed by atoms with Gasteiger partial charge >= 0.3 is 0 Å². The quantitative estimate of drug-likeness (QED) is 0.931. The molecule has 2 saturated heterocycles. The van der Waals surface area contributed by atoms with E-state index < -0.39 is 0 Å². The van der Waals surface area contributed by atoms with Crippen molar-refractivity contribution in [2.45, 2.75) is 37.3 Å². The van der Waals surface area contributed by atoms with Gasteiger partial charge in [-0.15, -0.1) is 0 Å². The fourth-order valence-corrected chi connectivity index (χ4v) is 4.97. The minimum absolute atomic E-state index is 0.0765. The summed E-state index contributed by atoms with van der Waals surface area (Å²) in [6, 6.07) is 8.19. The summed E-state index contributed by atoms with van der Waals surface area (Å²) in [5.74, 6) is 3.67. The summed E-state index contributed by atoms with van der Waals surface area (Å²) >= 11 is 2.01. The summed E-state index contributed by atoms with van der Waals surface area (Å²) in [5, 5.41) is 0. The van der Waals surface area contributed by atoms with Gasteiger partial charge in [-0.3, -0.25) is 0 Å². The molecule has 4 heteroatoms. The minimum atomic E-state index is -0.335. The van der Waals surface area contributed by atoms with Crippen LogP contribution in [-0.2, 0) is 10.3 Å². The van der Waals surface area contributed by atoms with Crippen molar-refractivity contribution >= 4 is 11.8 Å². The largest absolute Gasteiger partial charge is 0.497 e. The molecule has 2 fully saturated rings. The molecule has 0 saturated carbocycles. The molecule has 3 rings (SSSR count). The molecule has 1 aromatic rings. The Kier molecular flexibility index (Phi) is 4.21. The smallest absolute Gasteiger partial charge is 0.119 e. The molecule has 3 atom stereocenters. The average Bonchev–Trinajstić information content (AvgIpc) is 2.95. The van der Waals surface area contributed by atoms with Gasteiger partial charge in [0.2, 0.25) is 0 Å². The first kappa shape index (κ1) is 15.2. The highest BCUT2D eigenvalue weighted by molar-refractivity contribution is 7.99. The van der Waals surface area contributed by atoms with E-state index in [4.69, 9.17) is 15.2 Å². The molecular formula is C17H25NO2S. The van der Waals surface area contributed by atoms with Crippen LogP contribution in [0.3, 0.4) is 0 Å². The molecule has 21 heavy (non-hydrogen) atoms. The first-order valence-corrected chi connectivity index (χ1v) is 8.86. The lowest BCUT2D eigenvalue weighted by Gasteiger charge is -2.44. The molecule has 0 aliphatic carbocycles. The number of methoxy groups -OCH3 is 1. The molecule has 0 bridgehead atoms. The average molecular weight is 307 g/mol. The third-order valence-electron chi connectivity index (χ3n) is 5.10. The van der Waals surface area contributed by atoms with Crippen molar-refractivity contribution in [3.63, 3.8) is 0 Å². The van der Waals surface area contributed by atoms with Crippen molar-refractivity contribution in [1.29, 1.82) is 0 Å². The number of hydrogen-bond donors (Lipinski definition) is 1. The maximum absolute atomic E-state index is 6.77. The van der Waals surface area contributed by atoms with Crippen LogP contribution >= 0.6 is 11.8 Å². The predicted molar refractivity (Wildman–Crippen MR) is 87.9 cm³/mol. The predicted octanol–water partition coefficient (Wildman–Crippen LogP) is 3.17. The Hall–Kier alpha value is -0.710. The zero-order valence-electron chi connectivity index (χ0n) is 12.9. The summed E-state index contributed by atoms with van der Waals surface area (Å²) in [7, 11) is 1.70. The first-order chi connectivity index (χ1) is 10.1. The van der Waals surface area contributed by atoms with Crippen LogP contribution in [0, 0.1) is 5.92 Å². The number of rotatable bonds is 3. The van der Waals surface area contributed by atoms with Gasteiger partial charge in [-0.05, 0) is 55.6 Å². The van der Waals surface area contributed by atoms with E-state index in [1.165, 1.54) is 12.2 Å². The highest BCUT2D eigenvalue weighted by atomic mass is 32.2. The molecule has 0 radical (unpaired) electrons. The van der Waals surface area contributed by atoms with E-state index in [2.05, 4.69) is 19.1 Å². The van der Waals surface area contributed by atoms with Crippen molar-refractivity contribution in [2.75, 3.05) is 25.2 Å². The molecule has 1 spiro atoms. The van der Waals surface area contributed by atoms with Crippen LogP contribution in [0.1, 0.15) is 31.7 Å². The van der Waals surface area contributed by atoms with Gasteiger partial charge in [-0.2, -0.15) is 11.8 Å². The third-order valence-corrected chi connectivity index (χ3v) is 6.32. The van der Waals surface area contributed by atoms with Crippen molar-refractivity contribution in [3.05, 3.63) is 29.8 Å².